The minimum Gasteiger partial charge on any atom is -0.370 e. The largest absolute Gasteiger partial charge is 0.370 e. The lowest BCUT2D eigenvalue weighted by Crippen LogP contribution is -2.26. The monoisotopic (exact) mass is 298 g/mol. The molecule has 2 aromatic rings. The van der Waals surface area contributed by atoms with Crippen molar-refractivity contribution in [2.45, 2.75) is 6.42 Å². The second-order valence-corrected chi connectivity index (χ2v) is 4.25. The number of guanidine groups is 2. The van der Waals surface area contributed by atoms with Crippen molar-refractivity contribution in [1.82, 2.24) is 4.98 Å². The van der Waals surface area contributed by atoms with Gasteiger partial charge in [0.2, 0.25) is 5.96 Å². The molecule has 7 N–H and O–H groups in total. The van der Waals surface area contributed by atoms with E-state index < -0.39 is 17.5 Å². The fraction of sp³-hybridized carbons (Fsp3) is 0.167. The van der Waals surface area contributed by atoms with E-state index in [1.165, 1.54) is 6.20 Å². The fourth-order valence-electron chi connectivity index (χ4n) is 1.89. The Morgan fingerprint density at radius 2 is 1.86 bits per heavy atom. The van der Waals surface area contributed by atoms with Crippen LogP contribution in [-0.2, 0) is 6.42 Å². The predicted molar refractivity (Wildman–Crippen MR) is 74.2 cm³/mol. The maximum atomic E-state index is 13.5. The maximum Gasteiger partial charge on any atom is 0.218 e. The number of aromatic nitrogens is 1. The summed E-state index contributed by atoms with van der Waals surface area (Å²) >= 11 is 0. The number of benzene rings is 1. The van der Waals surface area contributed by atoms with E-state index in [9.17, 15) is 13.2 Å². The molecule has 0 bridgehead atoms. The number of hydrogen-bond acceptors (Lipinski definition) is 1. The molecule has 9 heteroatoms. The summed E-state index contributed by atoms with van der Waals surface area (Å²) in [6.07, 6.45) is 1.78. The molecule has 0 spiro atoms. The molecule has 0 atom stereocenters. The highest BCUT2D eigenvalue weighted by Crippen LogP contribution is 2.25. The molecular formula is C12H13F3N6. The third-order valence-electron chi connectivity index (χ3n) is 2.80. The fourth-order valence-corrected chi connectivity index (χ4v) is 1.89. The molecule has 0 radical (unpaired) electrons. The van der Waals surface area contributed by atoms with Crippen LogP contribution >= 0.6 is 0 Å². The number of aliphatic imine (C=N–C) groups is 2. The number of nitrogens with two attached hydrogens (primary N) is 3. The Morgan fingerprint density at radius 1 is 1.14 bits per heavy atom. The van der Waals surface area contributed by atoms with Crippen molar-refractivity contribution in [2.75, 3.05) is 6.54 Å². The topological polar surface area (TPSA) is 119 Å². The van der Waals surface area contributed by atoms with Gasteiger partial charge in [0.05, 0.1) is 5.52 Å². The Kier molecular flexibility index (Phi) is 4.01. The molecule has 1 aromatic carbocycles. The summed E-state index contributed by atoms with van der Waals surface area (Å²) in [5.41, 5.74) is 16.1. The summed E-state index contributed by atoms with van der Waals surface area (Å²) in [4.78, 5) is 9.97. The normalized spacial score (nSPS) is 11.9. The van der Waals surface area contributed by atoms with Crippen LogP contribution in [-0.4, -0.2) is 23.4 Å². The predicted octanol–water partition coefficient (Wildman–Crippen LogP) is 0.716. The van der Waals surface area contributed by atoms with Crippen molar-refractivity contribution in [2.24, 2.45) is 27.2 Å². The Labute approximate surface area is 117 Å². The van der Waals surface area contributed by atoms with E-state index in [0.717, 1.165) is 6.07 Å². The average Bonchev–Trinajstić information content (AvgIpc) is 2.78. The minimum absolute atomic E-state index is 0.0925. The van der Waals surface area contributed by atoms with Crippen molar-refractivity contribution in [3.63, 3.8) is 0 Å². The Hall–Kier alpha value is -2.71. The van der Waals surface area contributed by atoms with Crippen LogP contribution in [0.1, 0.15) is 5.56 Å². The van der Waals surface area contributed by atoms with Gasteiger partial charge in [-0.15, -0.1) is 0 Å². The minimum atomic E-state index is -1.51. The zero-order chi connectivity index (χ0) is 15.6. The lowest BCUT2D eigenvalue weighted by molar-refractivity contribution is 0.453. The highest BCUT2D eigenvalue weighted by atomic mass is 19.2. The summed E-state index contributed by atoms with van der Waals surface area (Å²) in [5.74, 6) is -4.32. The summed E-state index contributed by atoms with van der Waals surface area (Å²) in [5, 5.41) is 0.252. The number of H-pyrrole nitrogens is 1. The molecule has 0 aliphatic rings. The molecule has 112 valence electrons. The molecule has 0 saturated heterocycles. The lowest BCUT2D eigenvalue weighted by atomic mass is 10.1. The van der Waals surface area contributed by atoms with Crippen molar-refractivity contribution < 1.29 is 13.2 Å². The van der Waals surface area contributed by atoms with Gasteiger partial charge in [-0.1, -0.05) is 0 Å². The SMILES string of the molecule is NC(N)=NC(N)=NCCc1c[nH]c2c(F)c(F)c(F)cc12. The molecule has 6 nitrogen and oxygen atoms in total. The molecule has 1 heterocycles. The smallest absolute Gasteiger partial charge is 0.218 e. The first-order valence-corrected chi connectivity index (χ1v) is 5.93. The van der Waals surface area contributed by atoms with Gasteiger partial charge in [-0.05, 0) is 18.1 Å². The Morgan fingerprint density at radius 3 is 2.52 bits per heavy atom. The van der Waals surface area contributed by atoms with E-state index in [2.05, 4.69) is 15.0 Å². The number of halogens is 3. The van der Waals surface area contributed by atoms with Gasteiger partial charge in [-0.3, -0.25) is 4.99 Å². The van der Waals surface area contributed by atoms with Gasteiger partial charge < -0.3 is 22.2 Å². The van der Waals surface area contributed by atoms with E-state index >= 15 is 0 Å². The highest BCUT2D eigenvalue weighted by molar-refractivity contribution is 5.92. The zero-order valence-corrected chi connectivity index (χ0v) is 10.8. The van der Waals surface area contributed by atoms with Crippen LogP contribution in [0.4, 0.5) is 13.2 Å². The summed E-state index contributed by atoms with van der Waals surface area (Å²) in [7, 11) is 0. The van der Waals surface area contributed by atoms with E-state index in [1.54, 1.807) is 0 Å². The second kappa shape index (κ2) is 5.73. The van der Waals surface area contributed by atoms with E-state index in [0.29, 0.717) is 12.0 Å². The van der Waals surface area contributed by atoms with Gasteiger partial charge in [-0.25, -0.2) is 13.2 Å². The number of aromatic amines is 1. The molecule has 0 aliphatic heterocycles. The van der Waals surface area contributed by atoms with Crippen LogP contribution in [0.25, 0.3) is 10.9 Å². The van der Waals surface area contributed by atoms with Crippen LogP contribution < -0.4 is 17.2 Å². The van der Waals surface area contributed by atoms with Crippen molar-refractivity contribution >= 4 is 22.8 Å². The highest BCUT2D eigenvalue weighted by Gasteiger charge is 2.16. The molecule has 21 heavy (non-hydrogen) atoms. The van der Waals surface area contributed by atoms with Crippen LogP contribution in [0.3, 0.4) is 0 Å². The van der Waals surface area contributed by atoms with E-state index in [4.69, 9.17) is 17.2 Å². The van der Waals surface area contributed by atoms with Gasteiger partial charge in [0.1, 0.15) is 0 Å². The molecule has 0 saturated carbocycles. The number of nitrogens with zero attached hydrogens (tertiary/aromatic N) is 2. The van der Waals surface area contributed by atoms with Gasteiger partial charge in [-0.2, -0.15) is 4.99 Å². The molecule has 1 aromatic heterocycles. The first-order valence-electron chi connectivity index (χ1n) is 5.93. The molecule has 0 amide bonds. The van der Waals surface area contributed by atoms with Crippen LogP contribution in [0, 0.1) is 17.5 Å². The average molecular weight is 298 g/mol. The summed E-state index contributed by atoms with van der Waals surface area (Å²) in [6.45, 7) is 0.205. The van der Waals surface area contributed by atoms with Gasteiger partial charge in [0.25, 0.3) is 0 Å². The van der Waals surface area contributed by atoms with E-state index in [1.807, 2.05) is 0 Å². The first-order chi connectivity index (χ1) is 9.90. The van der Waals surface area contributed by atoms with Crippen molar-refractivity contribution in [1.29, 1.82) is 0 Å². The van der Waals surface area contributed by atoms with Crippen LogP contribution in [0.2, 0.25) is 0 Å². The second-order valence-electron chi connectivity index (χ2n) is 4.25. The number of nitrogens with one attached hydrogen (secondary N) is 1. The van der Waals surface area contributed by atoms with Gasteiger partial charge in [0, 0.05) is 18.1 Å². The van der Waals surface area contributed by atoms with Crippen molar-refractivity contribution in [3.05, 3.63) is 35.3 Å². The molecule has 2 rings (SSSR count). The Bertz CT molecular complexity index is 730. The lowest BCUT2D eigenvalue weighted by Gasteiger charge is -2.00. The third-order valence-corrected chi connectivity index (χ3v) is 2.80. The van der Waals surface area contributed by atoms with Crippen molar-refractivity contribution in [3.8, 4) is 0 Å². The number of rotatable bonds is 3. The Balaban J connectivity index is 2.23. The molecule has 0 aliphatic carbocycles. The quantitative estimate of drug-likeness (QED) is 0.379. The molecular weight excluding hydrogens is 285 g/mol. The third kappa shape index (κ3) is 3.07. The zero-order valence-electron chi connectivity index (χ0n) is 10.8. The van der Waals surface area contributed by atoms with Crippen LogP contribution in [0.15, 0.2) is 22.2 Å². The van der Waals surface area contributed by atoms with E-state index in [-0.39, 0.29) is 29.4 Å². The maximum absolute atomic E-state index is 13.5. The standard InChI is InChI=1S/C12H13F3N6/c13-7-3-6-5(1-2-19-12(18)21-11(16)17)4-20-10(6)9(15)8(7)14/h3-4,20H,1-2H2,(H6,16,17,18,19,21). The van der Waals surface area contributed by atoms with Gasteiger partial charge in [0.15, 0.2) is 23.4 Å². The number of hydrogen-bond donors (Lipinski definition) is 4. The summed E-state index contributed by atoms with van der Waals surface area (Å²) in [6, 6.07) is 0.933. The molecule has 0 fully saturated rings. The first kappa shape index (κ1) is 14.7. The van der Waals surface area contributed by atoms with Gasteiger partial charge >= 0.3 is 0 Å². The number of fused-ring (bicyclic) bond motifs is 1. The van der Waals surface area contributed by atoms with Crippen LogP contribution in [0.5, 0.6) is 0 Å². The summed E-state index contributed by atoms with van der Waals surface area (Å²) < 4.78 is 39.9. The molecule has 0 unspecified atom stereocenters.